The third kappa shape index (κ3) is 4.10. The monoisotopic (exact) mass is 465 g/mol. The van der Waals surface area contributed by atoms with Crippen LogP contribution in [0.5, 0.6) is 5.75 Å². The van der Waals surface area contributed by atoms with E-state index in [0.29, 0.717) is 28.5 Å². The third-order valence-electron chi connectivity index (χ3n) is 5.74. The van der Waals surface area contributed by atoms with Crippen LogP contribution in [0.4, 0.5) is 4.39 Å². The van der Waals surface area contributed by atoms with E-state index in [0.717, 1.165) is 10.9 Å². The van der Waals surface area contributed by atoms with Crippen LogP contribution in [0.25, 0.3) is 10.9 Å². The molecule has 0 radical (unpaired) electrons. The maximum atomic E-state index is 14.7. The molecule has 0 unspecified atom stereocenters. The number of benzene rings is 2. The number of aromatic nitrogens is 1. The summed E-state index contributed by atoms with van der Waals surface area (Å²) in [6, 6.07) is 9.95. The van der Waals surface area contributed by atoms with E-state index >= 15 is 0 Å². The zero-order chi connectivity index (χ0) is 23.0. The quantitative estimate of drug-likeness (QED) is 0.445. The maximum Gasteiger partial charge on any atom is 0.163 e. The van der Waals surface area contributed by atoms with Gasteiger partial charge in [-0.3, -0.25) is 0 Å². The van der Waals surface area contributed by atoms with Crippen LogP contribution in [0.2, 0.25) is 5.02 Å². The van der Waals surface area contributed by atoms with Crippen LogP contribution in [0.1, 0.15) is 24.3 Å². The minimum Gasteiger partial charge on any atom is -0.494 e. The zero-order valence-corrected chi connectivity index (χ0v) is 18.1. The van der Waals surface area contributed by atoms with Crippen molar-refractivity contribution in [3.8, 4) is 5.75 Å². The molecule has 2 heterocycles. The fourth-order valence-corrected chi connectivity index (χ4v) is 4.40. The number of para-hydroxylation sites is 1. The van der Waals surface area contributed by atoms with Crippen molar-refractivity contribution in [1.82, 2.24) is 4.57 Å². The van der Waals surface area contributed by atoms with E-state index in [1.807, 2.05) is 13.0 Å². The highest BCUT2D eigenvalue weighted by molar-refractivity contribution is 6.35. The molecule has 172 valence electrons. The molecule has 0 saturated carbocycles. The first-order chi connectivity index (χ1) is 15.3. The van der Waals surface area contributed by atoms with Crippen molar-refractivity contribution >= 4 is 22.5 Å². The highest BCUT2D eigenvalue weighted by Gasteiger charge is 2.44. The number of hydrogen-bond donors (Lipinski definition) is 4. The molecule has 0 aliphatic carbocycles. The Bertz CT molecular complexity index is 1100. The van der Waals surface area contributed by atoms with Gasteiger partial charge in [0.1, 0.15) is 36.0 Å². The highest BCUT2D eigenvalue weighted by Crippen LogP contribution is 2.37. The normalized spacial score (nSPS) is 25.9. The minimum absolute atomic E-state index is 0.236. The summed E-state index contributed by atoms with van der Waals surface area (Å²) < 4.78 is 27.3. The van der Waals surface area contributed by atoms with Crippen LogP contribution in [-0.4, -0.2) is 62.6 Å². The largest absolute Gasteiger partial charge is 0.494 e. The van der Waals surface area contributed by atoms with Gasteiger partial charge in [0.05, 0.1) is 23.8 Å². The Morgan fingerprint density at radius 3 is 2.56 bits per heavy atom. The molecule has 0 spiro atoms. The summed E-state index contributed by atoms with van der Waals surface area (Å²) in [5.41, 5.74) is 1.70. The smallest absolute Gasteiger partial charge is 0.163 e. The first-order valence-electron chi connectivity index (χ1n) is 10.3. The lowest BCUT2D eigenvalue weighted by atomic mass is 9.98. The maximum absolute atomic E-state index is 14.7. The lowest BCUT2D eigenvalue weighted by Gasteiger charge is -2.40. The number of fused-ring (bicyclic) bond motifs is 1. The summed E-state index contributed by atoms with van der Waals surface area (Å²) in [5.74, 6) is 0.0345. The van der Waals surface area contributed by atoms with Crippen LogP contribution in [0, 0.1) is 5.82 Å². The molecule has 4 N–H and O–H groups in total. The minimum atomic E-state index is -1.53. The van der Waals surface area contributed by atoms with E-state index in [9.17, 15) is 24.8 Å². The van der Waals surface area contributed by atoms with E-state index < -0.39 is 43.1 Å². The van der Waals surface area contributed by atoms with Gasteiger partial charge in [0.25, 0.3) is 0 Å². The van der Waals surface area contributed by atoms with Crippen molar-refractivity contribution in [3.05, 3.63) is 64.6 Å². The Morgan fingerprint density at radius 1 is 1.09 bits per heavy atom. The number of ether oxygens (including phenoxy) is 2. The molecular weight excluding hydrogens is 441 g/mol. The van der Waals surface area contributed by atoms with Gasteiger partial charge >= 0.3 is 0 Å². The molecule has 0 amide bonds. The fraction of sp³-hybridized carbons (Fsp3) is 0.391. The molecule has 32 heavy (non-hydrogen) atoms. The number of rotatable bonds is 6. The first kappa shape index (κ1) is 23.0. The summed E-state index contributed by atoms with van der Waals surface area (Å²) in [6.45, 7) is 1.71. The molecular formula is C23H25ClFNO6. The van der Waals surface area contributed by atoms with Crippen LogP contribution in [0.3, 0.4) is 0 Å². The second-order valence-corrected chi connectivity index (χ2v) is 8.19. The summed E-state index contributed by atoms with van der Waals surface area (Å²) in [7, 11) is 0. The van der Waals surface area contributed by atoms with Gasteiger partial charge in [0.2, 0.25) is 0 Å². The van der Waals surface area contributed by atoms with Gasteiger partial charge in [-0.15, -0.1) is 0 Å². The first-order valence-corrected chi connectivity index (χ1v) is 10.7. The Kier molecular flexibility index (Phi) is 6.71. The van der Waals surface area contributed by atoms with Gasteiger partial charge in [0.15, 0.2) is 6.23 Å². The molecule has 1 fully saturated rings. The van der Waals surface area contributed by atoms with E-state index in [2.05, 4.69) is 0 Å². The van der Waals surface area contributed by atoms with Gasteiger partial charge in [0, 0.05) is 24.1 Å². The molecule has 9 heteroatoms. The van der Waals surface area contributed by atoms with Crippen molar-refractivity contribution in [2.24, 2.45) is 0 Å². The van der Waals surface area contributed by atoms with Crippen molar-refractivity contribution in [2.45, 2.75) is 44.0 Å². The molecule has 5 atom stereocenters. The molecule has 1 saturated heterocycles. The summed E-state index contributed by atoms with van der Waals surface area (Å²) in [5, 5.41) is 41.5. The van der Waals surface area contributed by atoms with Crippen LogP contribution >= 0.6 is 11.6 Å². The van der Waals surface area contributed by atoms with Crippen molar-refractivity contribution in [3.63, 3.8) is 0 Å². The highest BCUT2D eigenvalue weighted by atomic mass is 35.5. The topological polar surface area (TPSA) is 104 Å². The van der Waals surface area contributed by atoms with Crippen LogP contribution in [-0.2, 0) is 11.2 Å². The lowest BCUT2D eigenvalue weighted by Crippen LogP contribution is -2.56. The van der Waals surface area contributed by atoms with E-state index in [-0.39, 0.29) is 6.42 Å². The van der Waals surface area contributed by atoms with E-state index in [1.54, 1.807) is 35.0 Å². The summed E-state index contributed by atoms with van der Waals surface area (Å²) in [6.07, 6.45) is -4.75. The van der Waals surface area contributed by atoms with Crippen LogP contribution < -0.4 is 4.74 Å². The van der Waals surface area contributed by atoms with Gasteiger partial charge in [-0.05, 0) is 30.2 Å². The van der Waals surface area contributed by atoms with Crippen molar-refractivity contribution in [2.75, 3.05) is 13.2 Å². The molecule has 1 aromatic heterocycles. The molecule has 3 aromatic rings. The van der Waals surface area contributed by atoms with Gasteiger partial charge in [-0.1, -0.05) is 29.8 Å². The van der Waals surface area contributed by atoms with E-state index in [1.165, 1.54) is 6.07 Å². The standard InChI is InChI=1S/C23H25ClFNO6/c1-2-31-14-7-6-12(17(25)9-14)8-13-10-26(19-15(13)4-3-5-16(19)24)23-22(30)21(29)20(28)18(11-27)32-23/h3-7,9-10,18,20-23,27-30H,2,8,11H2,1H3/t18-,20-,21+,22-,23-/m1/s1. The average Bonchev–Trinajstić information content (AvgIpc) is 3.14. The number of hydrogen-bond acceptors (Lipinski definition) is 6. The second kappa shape index (κ2) is 9.35. The molecule has 0 bridgehead atoms. The SMILES string of the molecule is CCOc1ccc(Cc2cn([C@@H]3O[C@H](CO)[C@@H](O)[C@H](O)[C@H]3O)c3c(Cl)cccc23)c(F)c1. The zero-order valence-electron chi connectivity index (χ0n) is 17.4. The molecule has 2 aromatic carbocycles. The van der Waals surface area contributed by atoms with Gasteiger partial charge in [-0.25, -0.2) is 4.39 Å². The number of aliphatic hydroxyl groups excluding tert-OH is 4. The second-order valence-electron chi connectivity index (χ2n) is 7.78. The van der Waals surface area contributed by atoms with E-state index in [4.69, 9.17) is 21.1 Å². The van der Waals surface area contributed by atoms with Gasteiger partial charge in [-0.2, -0.15) is 0 Å². The Hall–Kier alpha value is -2.20. The Morgan fingerprint density at radius 2 is 1.88 bits per heavy atom. The molecule has 1 aliphatic rings. The number of aliphatic hydroxyl groups is 4. The molecule has 4 rings (SSSR count). The molecule has 7 nitrogen and oxygen atoms in total. The average molecular weight is 466 g/mol. The predicted molar refractivity (Wildman–Crippen MR) is 116 cm³/mol. The predicted octanol–water partition coefficient (Wildman–Crippen LogP) is 2.40. The third-order valence-corrected chi connectivity index (χ3v) is 6.05. The Balaban J connectivity index is 1.76. The lowest BCUT2D eigenvalue weighted by molar-refractivity contribution is -0.250. The molecule has 1 aliphatic heterocycles. The number of nitrogens with zero attached hydrogens (tertiary/aromatic N) is 1. The Labute approximate surface area is 189 Å². The van der Waals surface area contributed by atoms with Crippen molar-refractivity contribution in [1.29, 1.82) is 0 Å². The summed E-state index contributed by atoms with van der Waals surface area (Å²) in [4.78, 5) is 0. The fourth-order valence-electron chi connectivity index (χ4n) is 4.13. The summed E-state index contributed by atoms with van der Waals surface area (Å²) >= 11 is 6.46. The van der Waals surface area contributed by atoms with Crippen LogP contribution in [0.15, 0.2) is 42.6 Å². The number of halogens is 2. The van der Waals surface area contributed by atoms with Crippen molar-refractivity contribution < 1.29 is 34.3 Å². The van der Waals surface area contributed by atoms with Gasteiger partial charge < -0.3 is 34.5 Å².